The number of nitrogens with zero attached hydrogens (tertiary/aromatic N) is 2. The Morgan fingerprint density at radius 2 is 1.83 bits per heavy atom. The predicted molar refractivity (Wildman–Crippen MR) is 141 cm³/mol. The van der Waals surface area contributed by atoms with Crippen molar-refractivity contribution in [1.29, 1.82) is 0 Å². The van der Waals surface area contributed by atoms with Gasteiger partial charge in [0.15, 0.2) is 0 Å². The Morgan fingerprint density at radius 3 is 2.60 bits per heavy atom. The summed E-state index contributed by atoms with van der Waals surface area (Å²) in [6, 6.07) is 11.0. The molecule has 0 unspecified atom stereocenters. The molecule has 1 amide bonds. The first-order valence-corrected chi connectivity index (χ1v) is 12.8. The zero-order chi connectivity index (χ0) is 24.9. The maximum absolute atomic E-state index is 12.8. The maximum Gasteiger partial charge on any atom is 0.410 e. The summed E-state index contributed by atoms with van der Waals surface area (Å²) in [5.74, 6) is 1.01. The number of ether oxygens (including phenoxy) is 2. The van der Waals surface area contributed by atoms with Gasteiger partial charge in [-0.25, -0.2) is 4.79 Å². The number of rotatable bonds is 2. The van der Waals surface area contributed by atoms with E-state index in [1.807, 2.05) is 25.7 Å². The van der Waals surface area contributed by atoms with Gasteiger partial charge >= 0.3 is 6.09 Å². The van der Waals surface area contributed by atoms with Crippen LogP contribution in [0.25, 0.3) is 16.8 Å². The summed E-state index contributed by atoms with van der Waals surface area (Å²) in [5, 5.41) is 0. The molecule has 0 saturated carbocycles. The molecule has 2 aromatic carbocycles. The van der Waals surface area contributed by atoms with Crippen LogP contribution < -0.4 is 4.74 Å². The molecule has 0 aromatic heterocycles. The number of hydrogen-bond acceptors (Lipinski definition) is 4. The highest BCUT2D eigenvalue weighted by atomic mass is 16.6. The van der Waals surface area contributed by atoms with Crippen molar-refractivity contribution in [1.82, 2.24) is 4.90 Å². The van der Waals surface area contributed by atoms with E-state index in [0.29, 0.717) is 13.2 Å². The first kappa shape index (κ1) is 23.7. The summed E-state index contributed by atoms with van der Waals surface area (Å²) in [7, 11) is 0. The molecule has 5 rings (SSSR count). The minimum absolute atomic E-state index is 0.0282. The van der Waals surface area contributed by atoms with Gasteiger partial charge in [-0.15, -0.1) is 0 Å². The van der Waals surface area contributed by atoms with Gasteiger partial charge in [0.05, 0.1) is 11.7 Å². The second-order valence-corrected chi connectivity index (χ2v) is 11.1. The molecule has 3 aliphatic rings. The smallest absolute Gasteiger partial charge is 0.410 e. The molecule has 2 aliphatic heterocycles. The predicted octanol–water partition coefficient (Wildman–Crippen LogP) is 7.09. The first-order chi connectivity index (χ1) is 16.6. The molecule has 1 saturated heterocycles. The lowest BCUT2D eigenvalue weighted by Gasteiger charge is -2.30. The standard InChI is InChI=1S/C30H36N2O3/c1-18-9-11-22-21(16-18)17-34-28-24(22)14-13-23-25(28)12-10-19(2)27(23)31-20(3)26-8-7-15-32(26)29(33)35-30(4,5)6/h9,11,13-14,16,26H,7-8,10,12,15,17H2,1-6H3/t26-/m0/s1. The average molecular weight is 473 g/mol. The van der Waals surface area contributed by atoms with Crippen molar-refractivity contribution >= 4 is 17.5 Å². The maximum atomic E-state index is 12.8. The minimum Gasteiger partial charge on any atom is -0.488 e. The van der Waals surface area contributed by atoms with E-state index in [0.717, 1.165) is 48.4 Å². The second kappa shape index (κ2) is 8.85. The third-order valence-corrected chi connectivity index (χ3v) is 7.24. The van der Waals surface area contributed by atoms with Gasteiger partial charge in [0.2, 0.25) is 0 Å². The van der Waals surface area contributed by atoms with Gasteiger partial charge < -0.3 is 9.47 Å². The van der Waals surface area contributed by atoms with E-state index in [1.165, 1.54) is 33.4 Å². The molecule has 2 heterocycles. The Kier molecular flexibility index (Phi) is 5.98. The van der Waals surface area contributed by atoms with Gasteiger partial charge in [-0.3, -0.25) is 9.89 Å². The van der Waals surface area contributed by atoms with E-state index in [4.69, 9.17) is 14.5 Å². The zero-order valence-electron chi connectivity index (χ0n) is 21.8. The monoisotopic (exact) mass is 472 g/mol. The van der Waals surface area contributed by atoms with Crippen molar-refractivity contribution in [3.8, 4) is 16.9 Å². The van der Waals surface area contributed by atoms with E-state index in [9.17, 15) is 4.79 Å². The third-order valence-electron chi connectivity index (χ3n) is 7.24. The van der Waals surface area contributed by atoms with Crippen molar-refractivity contribution in [2.75, 3.05) is 6.54 Å². The lowest BCUT2D eigenvalue weighted by molar-refractivity contribution is 0.0265. The van der Waals surface area contributed by atoms with Crippen molar-refractivity contribution in [2.24, 2.45) is 4.99 Å². The molecule has 35 heavy (non-hydrogen) atoms. The number of hydrogen-bond donors (Lipinski definition) is 0. The number of aliphatic imine (C=N–C) groups is 1. The van der Waals surface area contributed by atoms with Gasteiger partial charge in [-0.05, 0) is 90.0 Å². The van der Waals surface area contributed by atoms with E-state index in [-0.39, 0.29) is 12.1 Å². The number of allylic oxidation sites excluding steroid dienone is 1. The highest BCUT2D eigenvalue weighted by Gasteiger charge is 2.34. The molecular weight excluding hydrogens is 436 g/mol. The van der Waals surface area contributed by atoms with Crippen LogP contribution in [0.15, 0.2) is 40.9 Å². The largest absolute Gasteiger partial charge is 0.488 e. The molecule has 1 aliphatic carbocycles. The average Bonchev–Trinajstić information content (AvgIpc) is 3.29. The molecule has 5 nitrogen and oxygen atoms in total. The lowest BCUT2D eigenvalue weighted by Crippen LogP contribution is -2.42. The number of amides is 1. The van der Waals surface area contributed by atoms with Gasteiger partial charge in [0.25, 0.3) is 0 Å². The van der Waals surface area contributed by atoms with Crippen molar-refractivity contribution in [3.05, 3.63) is 58.2 Å². The van der Waals surface area contributed by atoms with E-state index < -0.39 is 5.60 Å². The van der Waals surface area contributed by atoms with E-state index in [1.54, 1.807) is 0 Å². The molecule has 1 atom stereocenters. The number of aryl methyl sites for hydroxylation is 1. The summed E-state index contributed by atoms with van der Waals surface area (Å²) < 4.78 is 12.0. The van der Waals surface area contributed by atoms with Crippen LogP contribution in [0, 0.1) is 6.92 Å². The number of likely N-dealkylation sites (tertiary alicyclic amines) is 1. The summed E-state index contributed by atoms with van der Waals surface area (Å²) in [5.41, 5.74) is 10.1. The van der Waals surface area contributed by atoms with E-state index >= 15 is 0 Å². The Hall–Kier alpha value is -3.08. The Bertz CT molecular complexity index is 1250. The number of benzene rings is 2. The van der Waals surface area contributed by atoms with Crippen LogP contribution in [0.5, 0.6) is 5.75 Å². The SMILES string of the molecule is CC(=NC1=C(C)CCc2c1ccc1c2OCc2cc(C)ccc2-1)[C@@H]1CCCN1C(=O)OC(C)(C)C. The third kappa shape index (κ3) is 4.49. The summed E-state index contributed by atoms with van der Waals surface area (Å²) >= 11 is 0. The van der Waals surface area contributed by atoms with Gasteiger partial charge in [0.1, 0.15) is 18.0 Å². The molecule has 0 spiro atoms. The lowest BCUT2D eigenvalue weighted by atomic mass is 9.85. The molecule has 0 radical (unpaired) electrons. The van der Waals surface area contributed by atoms with Crippen molar-refractivity contribution < 1.29 is 14.3 Å². The minimum atomic E-state index is -0.507. The molecular formula is C30H36N2O3. The number of carbonyl (C=O) groups is 1. The highest BCUT2D eigenvalue weighted by Crippen LogP contribution is 2.46. The zero-order valence-corrected chi connectivity index (χ0v) is 21.8. The fraction of sp³-hybridized carbons (Fsp3) is 0.467. The topological polar surface area (TPSA) is 51.1 Å². The van der Waals surface area contributed by atoms with Crippen LogP contribution in [0.3, 0.4) is 0 Å². The molecule has 0 bridgehead atoms. The van der Waals surface area contributed by atoms with Crippen LogP contribution in [0.4, 0.5) is 4.79 Å². The summed E-state index contributed by atoms with van der Waals surface area (Å²) in [6.45, 7) is 13.4. The van der Waals surface area contributed by atoms with Gasteiger partial charge in [-0.2, -0.15) is 0 Å². The molecule has 184 valence electrons. The van der Waals surface area contributed by atoms with Crippen LogP contribution in [-0.4, -0.2) is 34.9 Å². The number of fused-ring (bicyclic) bond motifs is 5. The molecule has 0 N–H and O–H groups in total. The highest BCUT2D eigenvalue weighted by molar-refractivity contribution is 5.96. The Balaban J connectivity index is 1.48. The number of carbonyl (C=O) groups excluding carboxylic acids is 1. The first-order valence-electron chi connectivity index (χ1n) is 12.8. The Morgan fingerprint density at radius 1 is 1.09 bits per heavy atom. The summed E-state index contributed by atoms with van der Waals surface area (Å²) in [4.78, 5) is 19.8. The molecule has 2 aromatic rings. The normalized spacial score (nSPS) is 19.7. The Labute approximate surface area is 208 Å². The molecule has 1 fully saturated rings. The van der Waals surface area contributed by atoms with Gasteiger partial charge in [0, 0.05) is 28.9 Å². The fourth-order valence-corrected chi connectivity index (χ4v) is 5.54. The summed E-state index contributed by atoms with van der Waals surface area (Å²) in [6.07, 6.45) is 3.54. The van der Waals surface area contributed by atoms with Gasteiger partial charge in [-0.1, -0.05) is 29.8 Å². The van der Waals surface area contributed by atoms with Crippen LogP contribution in [0.1, 0.15) is 76.1 Å². The van der Waals surface area contributed by atoms with E-state index in [2.05, 4.69) is 51.1 Å². The quantitative estimate of drug-likeness (QED) is 0.438. The molecule has 5 heteroatoms. The van der Waals surface area contributed by atoms with Crippen molar-refractivity contribution in [2.45, 2.75) is 85.5 Å². The van der Waals surface area contributed by atoms with Crippen LogP contribution in [0.2, 0.25) is 0 Å². The fourth-order valence-electron chi connectivity index (χ4n) is 5.54. The van der Waals surface area contributed by atoms with Crippen molar-refractivity contribution in [3.63, 3.8) is 0 Å². The van der Waals surface area contributed by atoms with Crippen LogP contribution in [-0.2, 0) is 17.8 Å². The second-order valence-electron chi connectivity index (χ2n) is 11.1. The van der Waals surface area contributed by atoms with Crippen LogP contribution >= 0.6 is 0 Å².